The lowest BCUT2D eigenvalue weighted by Crippen LogP contribution is -1.97. The van der Waals surface area contributed by atoms with Gasteiger partial charge in [-0.2, -0.15) is 0 Å². The molecule has 0 aliphatic carbocycles. The second-order valence-corrected chi connectivity index (χ2v) is 3.79. The lowest BCUT2D eigenvalue weighted by Gasteiger charge is -1.98. The molecule has 0 fully saturated rings. The van der Waals surface area contributed by atoms with Gasteiger partial charge >= 0.3 is 5.97 Å². The molecule has 4 heteroatoms. The summed E-state index contributed by atoms with van der Waals surface area (Å²) in [5.41, 5.74) is 0.455. The molecular formula is C11H10BrFO2. The number of hydrogen-bond donors (Lipinski definition) is 0. The Morgan fingerprint density at radius 3 is 3.00 bits per heavy atom. The second kappa shape index (κ2) is 5.66. The summed E-state index contributed by atoms with van der Waals surface area (Å²) in [5.74, 6) is -0.661. The highest BCUT2D eigenvalue weighted by molar-refractivity contribution is 9.10. The molecule has 0 spiro atoms. The smallest absolute Gasteiger partial charge is 0.302 e. The molecule has 0 saturated carbocycles. The van der Waals surface area contributed by atoms with Crippen LogP contribution in [0.4, 0.5) is 4.39 Å². The van der Waals surface area contributed by atoms with Crippen LogP contribution in [0.15, 0.2) is 28.7 Å². The van der Waals surface area contributed by atoms with E-state index in [1.54, 1.807) is 24.3 Å². The van der Waals surface area contributed by atoms with E-state index in [9.17, 15) is 9.18 Å². The summed E-state index contributed by atoms with van der Waals surface area (Å²) in [6.07, 6.45) is 3.16. The SMILES string of the molecule is CC(=O)OCC=Cc1cc(Br)ccc1F. The van der Waals surface area contributed by atoms with E-state index in [1.165, 1.54) is 13.0 Å². The van der Waals surface area contributed by atoms with Gasteiger partial charge in [-0.1, -0.05) is 22.0 Å². The lowest BCUT2D eigenvalue weighted by atomic mass is 10.2. The first-order valence-corrected chi connectivity index (χ1v) is 5.14. The van der Waals surface area contributed by atoms with Crippen molar-refractivity contribution in [2.24, 2.45) is 0 Å². The highest BCUT2D eigenvalue weighted by atomic mass is 79.9. The van der Waals surface area contributed by atoms with Gasteiger partial charge in [-0.25, -0.2) is 4.39 Å². The highest BCUT2D eigenvalue weighted by Gasteiger charge is 1.98. The fraction of sp³-hybridized carbons (Fsp3) is 0.182. The van der Waals surface area contributed by atoms with E-state index in [4.69, 9.17) is 0 Å². The molecule has 1 aromatic rings. The largest absolute Gasteiger partial charge is 0.462 e. The van der Waals surface area contributed by atoms with E-state index in [1.807, 2.05) is 0 Å². The van der Waals surface area contributed by atoms with Gasteiger partial charge in [0.25, 0.3) is 0 Å². The van der Waals surface area contributed by atoms with Crippen molar-refractivity contribution in [1.82, 2.24) is 0 Å². The number of rotatable bonds is 3. The average Bonchev–Trinajstić information content (AvgIpc) is 2.17. The summed E-state index contributed by atoms with van der Waals surface area (Å²) in [7, 11) is 0. The quantitative estimate of drug-likeness (QED) is 0.791. The molecule has 0 bridgehead atoms. The van der Waals surface area contributed by atoms with Crippen molar-refractivity contribution in [2.75, 3.05) is 6.61 Å². The third-order valence-corrected chi connectivity index (χ3v) is 2.13. The molecule has 0 heterocycles. The maximum Gasteiger partial charge on any atom is 0.302 e. The zero-order valence-corrected chi connectivity index (χ0v) is 9.75. The third-order valence-electron chi connectivity index (χ3n) is 1.64. The van der Waals surface area contributed by atoms with Crippen LogP contribution >= 0.6 is 15.9 Å². The molecule has 0 saturated heterocycles. The van der Waals surface area contributed by atoms with Crippen molar-refractivity contribution in [1.29, 1.82) is 0 Å². The molecule has 0 unspecified atom stereocenters. The fourth-order valence-electron chi connectivity index (χ4n) is 0.983. The Bertz CT molecular complexity index is 388. The van der Waals surface area contributed by atoms with Crippen LogP contribution in [0.2, 0.25) is 0 Å². The van der Waals surface area contributed by atoms with Crippen molar-refractivity contribution in [3.8, 4) is 0 Å². The molecule has 0 amide bonds. The maximum absolute atomic E-state index is 13.2. The number of carbonyl (C=O) groups excluding carboxylic acids is 1. The fourth-order valence-corrected chi connectivity index (χ4v) is 1.36. The summed E-state index contributed by atoms with van der Waals surface area (Å²) in [5, 5.41) is 0. The second-order valence-electron chi connectivity index (χ2n) is 2.87. The van der Waals surface area contributed by atoms with Gasteiger partial charge in [0.1, 0.15) is 12.4 Å². The van der Waals surface area contributed by atoms with Gasteiger partial charge in [0.05, 0.1) is 0 Å². The Morgan fingerprint density at radius 1 is 1.60 bits per heavy atom. The van der Waals surface area contributed by atoms with Crippen LogP contribution in [0.1, 0.15) is 12.5 Å². The minimum absolute atomic E-state index is 0.154. The van der Waals surface area contributed by atoms with Crippen LogP contribution in [0.25, 0.3) is 6.08 Å². The first kappa shape index (κ1) is 11.9. The molecule has 0 radical (unpaired) electrons. The molecule has 15 heavy (non-hydrogen) atoms. The van der Waals surface area contributed by atoms with Gasteiger partial charge in [0.2, 0.25) is 0 Å². The van der Waals surface area contributed by atoms with E-state index in [-0.39, 0.29) is 18.4 Å². The molecule has 1 rings (SSSR count). The Balaban J connectivity index is 2.63. The monoisotopic (exact) mass is 272 g/mol. The van der Waals surface area contributed by atoms with E-state index >= 15 is 0 Å². The van der Waals surface area contributed by atoms with Crippen LogP contribution in [0, 0.1) is 5.82 Å². The van der Waals surface area contributed by atoms with Crippen LogP contribution in [-0.2, 0) is 9.53 Å². The zero-order valence-electron chi connectivity index (χ0n) is 8.17. The Kier molecular flexibility index (Phi) is 4.49. The van der Waals surface area contributed by atoms with E-state index in [0.717, 1.165) is 4.47 Å². The zero-order chi connectivity index (χ0) is 11.3. The molecule has 0 atom stereocenters. The molecule has 0 aliphatic heterocycles. The number of ether oxygens (including phenoxy) is 1. The number of halogens is 2. The summed E-state index contributed by atoms with van der Waals surface area (Å²) < 4.78 is 18.7. The number of esters is 1. The number of hydrogen-bond acceptors (Lipinski definition) is 2. The Hall–Kier alpha value is -1.16. The number of carbonyl (C=O) groups is 1. The van der Waals surface area contributed by atoms with E-state index in [0.29, 0.717) is 5.56 Å². The van der Waals surface area contributed by atoms with Gasteiger partial charge in [0, 0.05) is 17.0 Å². The first-order valence-electron chi connectivity index (χ1n) is 4.34. The van der Waals surface area contributed by atoms with Crippen LogP contribution in [-0.4, -0.2) is 12.6 Å². The summed E-state index contributed by atoms with van der Waals surface area (Å²) in [6, 6.07) is 4.65. The molecule has 0 N–H and O–H groups in total. The molecule has 2 nitrogen and oxygen atoms in total. The van der Waals surface area contributed by atoms with Crippen molar-refractivity contribution in [2.45, 2.75) is 6.92 Å². The molecule has 0 aromatic heterocycles. The topological polar surface area (TPSA) is 26.3 Å². The van der Waals surface area contributed by atoms with E-state index in [2.05, 4.69) is 20.7 Å². The Morgan fingerprint density at radius 2 is 2.33 bits per heavy atom. The van der Waals surface area contributed by atoms with Crippen LogP contribution < -0.4 is 0 Å². The molecular weight excluding hydrogens is 263 g/mol. The highest BCUT2D eigenvalue weighted by Crippen LogP contribution is 2.16. The summed E-state index contributed by atoms with van der Waals surface area (Å²) >= 11 is 3.24. The molecule has 0 aliphatic rings. The Labute approximate surface area is 95.9 Å². The van der Waals surface area contributed by atoms with Crippen molar-refractivity contribution in [3.05, 3.63) is 40.1 Å². The maximum atomic E-state index is 13.2. The van der Waals surface area contributed by atoms with Gasteiger partial charge in [0.15, 0.2) is 0 Å². The summed E-state index contributed by atoms with van der Waals surface area (Å²) in [4.78, 5) is 10.4. The van der Waals surface area contributed by atoms with Gasteiger partial charge in [-0.3, -0.25) is 4.79 Å². The van der Waals surface area contributed by atoms with Crippen molar-refractivity contribution >= 4 is 28.0 Å². The third kappa shape index (κ3) is 4.25. The lowest BCUT2D eigenvalue weighted by molar-refractivity contribution is -0.139. The first-order chi connectivity index (χ1) is 7.09. The standard InChI is InChI=1S/C11H10BrFO2/c1-8(14)15-6-2-3-9-7-10(12)4-5-11(9)13/h2-5,7H,6H2,1H3. The minimum atomic E-state index is -0.352. The molecule has 80 valence electrons. The number of benzene rings is 1. The normalized spacial score (nSPS) is 10.6. The van der Waals surface area contributed by atoms with Crippen molar-refractivity contribution < 1.29 is 13.9 Å². The predicted molar refractivity (Wildman–Crippen MR) is 59.8 cm³/mol. The van der Waals surface area contributed by atoms with Crippen LogP contribution in [0.5, 0.6) is 0 Å². The van der Waals surface area contributed by atoms with E-state index < -0.39 is 0 Å². The minimum Gasteiger partial charge on any atom is -0.462 e. The van der Waals surface area contributed by atoms with Crippen LogP contribution in [0.3, 0.4) is 0 Å². The molecule has 1 aromatic carbocycles. The summed E-state index contributed by atoms with van der Waals surface area (Å²) in [6.45, 7) is 1.48. The predicted octanol–water partition coefficient (Wildman–Crippen LogP) is 3.16. The van der Waals surface area contributed by atoms with Gasteiger partial charge in [-0.05, 0) is 24.3 Å². The van der Waals surface area contributed by atoms with Gasteiger partial charge in [-0.15, -0.1) is 0 Å². The van der Waals surface area contributed by atoms with Gasteiger partial charge < -0.3 is 4.74 Å². The van der Waals surface area contributed by atoms with Crippen molar-refractivity contribution in [3.63, 3.8) is 0 Å². The average molecular weight is 273 g/mol.